The third-order valence-corrected chi connectivity index (χ3v) is 12.2. The molecular weight excluding hydrogens is 892 g/mol. The van der Waals surface area contributed by atoms with Crippen molar-refractivity contribution < 1.29 is 46.6 Å². The van der Waals surface area contributed by atoms with Gasteiger partial charge in [0.05, 0.1) is 55.4 Å². The van der Waals surface area contributed by atoms with E-state index in [0.717, 1.165) is 22.0 Å². The molecule has 0 spiro atoms. The van der Waals surface area contributed by atoms with Gasteiger partial charge in [-0.1, -0.05) is 41.4 Å². The molecule has 2 aliphatic heterocycles. The van der Waals surface area contributed by atoms with Crippen molar-refractivity contribution in [2.24, 2.45) is 7.05 Å². The van der Waals surface area contributed by atoms with E-state index in [4.69, 9.17) is 37.4 Å². The minimum absolute atomic E-state index is 0.106. The number of hydrogen-bond donors (Lipinski definition) is 1. The van der Waals surface area contributed by atoms with Crippen molar-refractivity contribution in [2.75, 3.05) is 54.6 Å². The first-order chi connectivity index (χ1) is 30.8. The van der Waals surface area contributed by atoms with Gasteiger partial charge in [-0.15, -0.1) is 0 Å². The molecule has 0 radical (unpaired) electrons. The Hall–Kier alpha value is -5.27. The number of hydrogen-bond acceptors (Lipinski definition) is 10. The lowest BCUT2D eigenvalue weighted by atomic mass is 9.81. The summed E-state index contributed by atoms with van der Waals surface area (Å²) in [5.41, 5.74) is 1.44. The number of benzene rings is 2. The number of piperidine rings is 1. The molecule has 2 aliphatic rings. The SMILES string of the molecule is COC[C@@H]1NC(=O)[C@H](C)N(Cc2ccc(Cl)cc2Oc2ccc(-c3cnc(CN(C)C)n3C)nc2)C(=O)CC(OCC(F)(F)F)C(=O)N2CCC[C@@](Cc3ccc(Cl)cc3)(C2)N(C)C1=O. The van der Waals surface area contributed by atoms with Gasteiger partial charge in [0.15, 0.2) is 0 Å². The van der Waals surface area contributed by atoms with Crippen molar-refractivity contribution in [2.45, 2.75) is 75.6 Å². The molecule has 0 aliphatic carbocycles. The summed E-state index contributed by atoms with van der Waals surface area (Å²) in [6.45, 7) is -0.331. The Morgan fingerprint density at radius 3 is 2.34 bits per heavy atom. The van der Waals surface area contributed by atoms with Crippen molar-refractivity contribution in [1.82, 2.24) is 39.5 Å². The first kappa shape index (κ1) is 49.2. The molecule has 2 aromatic heterocycles. The quantitative estimate of drug-likeness (QED) is 0.172. The first-order valence-electron chi connectivity index (χ1n) is 20.9. The average molecular weight is 946 g/mol. The van der Waals surface area contributed by atoms with Crippen LogP contribution in [0.3, 0.4) is 0 Å². The summed E-state index contributed by atoms with van der Waals surface area (Å²) < 4.78 is 60.2. The zero-order chi connectivity index (χ0) is 47.2. The molecule has 2 fully saturated rings. The molecule has 350 valence electrons. The van der Waals surface area contributed by atoms with E-state index in [1.807, 2.05) is 30.6 Å². The van der Waals surface area contributed by atoms with Crippen LogP contribution >= 0.6 is 23.2 Å². The van der Waals surface area contributed by atoms with E-state index >= 15 is 0 Å². The largest absolute Gasteiger partial charge is 0.455 e. The van der Waals surface area contributed by atoms with Crippen molar-refractivity contribution in [3.63, 3.8) is 0 Å². The van der Waals surface area contributed by atoms with Gasteiger partial charge in [0.2, 0.25) is 17.7 Å². The summed E-state index contributed by atoms with van der Waals surface area (Å²) in [7, 11) is 8.73. The molecule has 1 N–H and O–H groups in total. The van der Waals surface area contributed by atoms with Crippen LogP contribution in [0.2, 0.25) is 10.0 Å². The normalized spacial score (nSPS) is 21.5. The molecule has 65 heavy (non-hydrogen) atoms. The van der Waals surface area contributed by atoms with Crippen LogP contribution in [0.4, 0.5) is 13.2 Å². The molecule has 1 unspecified atom stereocenters. The van der Waals surface area contributed by atoms with E-state index in [9.17, 15) is 32.3 Å². The Kier molecular flexibility index (Phi) is 15.8. The predicted octanol–water partition coefficient (Wildman–Crippen LogP) is 5.90. The number of alkyl halides is 3. The smallest absolute Gasteiger partial charge is 0.411 e. The van der Waals surface area contributed by atoms with Crippen LogP contribution in [0.1, 0.15) is 43.1 Å². The number of ether oxygens (including phenoxy) is 3. The number of methoxy groups -OCH3 is 1. The first-order valence-corrected chi connectivity index (χ1v) is 21.7. The van der Waals surface area contributed by atoms with Crippen LogP contribution in [-0.2, 0) is 55.2 Å². The Bertz CT molecular complexity index is 2330. The number of rotatable bonds is 13. The van der Waals surface area contributed by atoms with E-state index in [0.29, 0.717) is 41.4 Å². The third kappa shape index (κ3) is 12.1. The van der Waals surface area contributed by atoms with Crippen LogP contribution in [0.5, 0.6) is 11.5 Å². The lowest BCUT2D eigenvalue weighted by Gasteiger charge is -2.50. The number of imidazole rings is 1. The van der Waals surface area contributed by atoms with Crippen LogP contribution in [-0.4, -0.2) is 142 Å². The van der Waals surface area contributed by atoms with E-state index in [1.54, 1.807) is 61.8 Å². The Morgan fingerprint density at radius 2 is 1.68 bits per heavy atom. The van der Waals surface area contributed by atoms with Crippen molar-refractivity contribution in [3.05, 3.63) is 94.0 Å². The number of aromatic nitrogens is 3. The lowest BCUT2D eigenvalue weighted by Crippen LogP contribution is -2.66. The number of amides is 4. The van der Waals surface area contributed by atoms with Gasteiger partial charge in [-0.25, -0.2) is 4.98 Å². The van der Waals surface area contributed by atoms with Gasteiger partial charge in [0.25, 0.3) is 5.91 Å². The van der Waals surface area contributed by atoms with Crippen LogP contribution in [0.15, 0.2) is 67.0 Å². The fourth-order valence-electron chi connectivity index (χ4n) is 8.17. The molecule has 2 saturated heterocycles. The molecule has 4 aromatic rings. The number of pyridine rings is 1. The maximum atomic E-state index is 14.6. The van der Waals surface area contributed by atoms with Crippen LogP contribution in [0, 0.1) is 0 Å². The highest BCUT2D eigenvalue weighted by Crippen LogP contribution is 2.35. The van der Waals surface area contributed by atoms with E-state index in [1.165, 1.54) is 36.1 Å². The highest BCUT2D eigenvalue weighted by Gasteiger charge is 2.47. The van der Waals surface area contributed by atoms with Gasteiger partial charge in [-0.3, -0.25) is 24.2 Å². The topological polar surface area (TPSA) is 152 Å². The van der Waals surface area contributed by atoms with Gasteiger partial charge in [0.1, 0.15) is 42.1 Å². The number of halogens is 5. The predicted molar refractivity (Wildman–Crippen MR) is 236 cm³/mol. The number of fused-ring (bicyclic) bond motifs is 2. The number of carbonyl (C=O) groups is 4. The average Bonchev–Trinajstić information content (AvgIpc) is 3.62. The van der Waals surface area contributed by atoms with Gasteiger partial charge in [0, 0.05) is 49.9 Å². The molecule has 0 saturated carbocycles. The second-order valence-corrected chi connectivity index (χ2v) is 17.6. The molecule has 2 bridgehead atoms. The summed E-state index contributed by atoms with van der Waals surface area (Å²) >= 11 is 12.6. The summed E-state index contributed by atoms with van der Waals surface area (Å²) in [6, 6.07) is 12.4. The molecular formula is C45H53Cl2F3N8O7. The van der Waals surface area contributed by atoms with Crippen molar-refractivity contribution >= 4 is 46.8 Å². The van der Waals surface area contributed by atoms with E-state index in [-0.39, 0.29) is 43.4 Å². The second kappa shape index (κ2) is 20.9. The zero-order valence-electron chi connectivity index (χ0n) is 37.0. The number of nitrogens with one attached hydrogen (secondary N) is 1. The molecule has 15 nitrogen and oxygen atoms in total. The summed E-state index contributed by atoms with van der Waals surface area (Å²) in [4.78, 5) is 72.9. The third-order valence-electron chi connectivity index (χ3n) is 11.7. The summed E-state index contributed by atoms with van der Waals surface area (Å²) in [6.07, 6.45) is -3.36. The molecule has 4 heterocycles. The van der Waals surface area contributed by atoms with E-state index in [2.05, 4.69) is 15.3 Å². The van der Waals surface area contributed by atoms with Crippen molar-refractivity contribution in [3.8, 4) is 22.9 Å². The number of carbonyl (C=O) groups excluding carboxylic acids is 4. The molecule has 4 amide bonds. The summed E-state index contributed by atoms with van der Waals surface area (Å²) in [5.74, 6) is -1.72. The Labute approximate surface area is 385 Å². The minimum Gasteiger partial charge on any atom is -0.455 e. The van der Waals surface area contributed by atoms with Gasteiger partial charge >= 0.3 is 6.18 Å². The molecule has 20 heteroatoms. The molecule has 4 atom stereocenters. The number of likely N-dealkylation sites (N-methyl/N-ethyl adjacent to an activating group) is 1. The standard InChI is InChI=1S/C45H53Cl2F3N8O7/c1-28-41(60)53-35(25-63-6)42(61)56(5)44(20-29-8-11-31(46)12-9-29)16-7-17-57(26-44)43(62)38(64-27-45(48,49)50)19-40(59)58(28)23-30-10-13-32(47)18-37(30)65-33-14-15-34(51-21-33)36-22-52-39(55(36)4)24-54(2)3/h8-15,18,21-22,28,35,38H,7,16-17,19-20,23-27H2,1-6H3,(H,53,60)/t28-,35-,38?,44+/m0/s1. The van der Waals surface area contributed by atoms with E-state index < -0.39 is 66.6 Å². The fraction of sp³-hybridized carbons (Fsp3) is 0.467. The second-order valence-electron chi connectivity index (χ2n) is 16.7. The molecule has 2 aromatic carbocycles. The molecule has 6 rings (SSSR count). The lowest BCUT2D eigenvalue weighted by molar-refractivity contribution is -0.193. The van der Waals surface area contributed by atoms with Crippen molar-refractivity contribution in [1.29, 1.82) is 0 Å². The zero-order valence-corrected chi connectivity index (χ0v) is 38.5. The highest BCUT2D eigenvalue weighted by atomic mass is 35.5. The van der Waals surface area contributed by atoms with Gasteiger partial charge < -0.3 is 43.7 Å². The minimum atomic E-state index is -4.84. The van der Waals surface area contributed by atoms with Gasteiger partial charge in [-0.2, -0.15) is 13.2 Å². The monoisotopic (exact) mass is 944 g/mol. The van der Waals surface area contributed by atoms with Gasteiger partial charge in [-0.05, 0) is 82.2 Å². The maximum Gasteiger partial charge on any atom is 0.411 e. The van der Waals surface area contributed by atoms with Crippen LogP contribution < -0.4 is 10.1 Å². The Balaban J connectivity index is 1.35. The highest BCUT2D eigenvalue weighted by molar-refractivity contribution is 6.31. The number of nitrogens with zero attached hydrogens (tertiary/aromatic N) is 7. The maximum absolute atomic E-state index is 14.6. The van der Waals surface area contributed by atoms with Crippen LogP contribution in [0.25, 0.3) is 11.4 Å². The fourth-order valence-corrected chi connectivity index (χ4v) is 8.46. The summed E-state index contributed by atoms with van der Waals surface area (Å²) in [5, 5.41) is 3.53. The Morgan fingerprint density at radius 1 is 0.954 bits per heavy atom.